The summed E-state index contributed by atoms with van der Waals surface area (Å²) < 4.78 is 17.0. The van der Waals surface area contributed by atoms with Crippen molar-refractivity contribution in [3.05, 3.63) is 102 Å². The number of nitrogens with one attached hydrogen (secondary N) is 1. The van der Waals surface area contributed by atoms with Gasteiger partial charge in [0.25, 0.3) is 5.91 Å². The first-order valence-electron chi connectivity index (χ1n) is 11.5. The molecular weight excluding hydrogens is 452 g/mol. The topological polar surface area (TPSA) is 80.6 Å². The van der Waals surface area contributed by atoms with E-state index in [9.17, 15) is 10.1 Å². The number of anilines is 1. The fourth-order valence-corrected chi connectivity index (χ4v) is 3.68. The zero-order chi connectivity index (χ0) is 25.3. The summed E-state index contributed by atoms with van der Waals surface area (Å²) in [5, 5.41) is 14.6. The number of carbonyl (C=O) groups is 1. The van der Waals surface area contributed by atoms with Crippen molar-refractivity contribution in [2.45, 2.75) is 13.5 Å². The van der Waals surface area contributed by atoms with Crippen LogP contribution in [0.1, 0.15) is 18.1 Å². The molecule has 0 radical (unpaired) electrons. The van der Waals surface area contributed by atoms with Crippen molar-refractivity contribution >= 4 is 28.4 Å². The highest BCUT2D eigenvalue weighted by Gasteiger charge is 2.12. The first-order chi connectivity index (χ1) is 17.6. The first-order valence-corrected chi connectivity index (χ1v) is 11.5. The lowest BCUT2D eigenvalue weighted by molar-refractivity contribution is -0.112. The van der Waals surface area contributed by atoms with Crippen LogP contribution in [0.5, 0.6) is 17.2 Å². The highest BCUT2D eigenvalue weighted by Crippen LogP contribution is 2.30. The third-order valence-corrected chi connectivity index (χ3v) is 5.50. The molecule has 1 N–H and O–H groups in total. The quantitative estimate of drug-likeness (QED) is 0.223. The van der Waals surface area contributed by atoms with E-state index in [2.05, 4.69) is 29.6 Å². The third kappa shape index (κ3) is 6.02. The fraction of sp³-hybridized carbons (Fsp3) is 0.133. The van der Waals surface area contributed by atoms with E-state index in [4.69, 9.17) is 14.2 Å². The lowest BCUT2D eigenvalue weighted by Crippen LogP contribution is -2.13. The van der Waals surface area contributed by atoms with Crippen LogP contribution in [0.15, 0.2) is 90.5 Å². The molecule has 0 spiro atoms. The van der Waals surface area contributed by atoms with E-state index in [1.165, 1.54) is 11.5 Å². The van der Waals surface area contributed by atoms with Gasteiger partial charge >= 0.3 is 0 Å². The number of carbonyl (C=O) groups excluding carboxylic acids is 1. The van der Waals surface area contributed by atoms with Crippen LogP contribution in [0.2, 0.25) is 0 Å². The molecule has 0 unspecified atom stereocenters. The Labute approximate surface area is 210 Å². The second-order valence-corrected chi connectivity index (χ2v) is 7.96. The maximum Gasteiger partial charge on any atom is 0.266 e. The molecule has 0 heterocycles. The van der Waals surface area contributed by atoms with Gasteiger partial charge < -0.3 is 19.5 Å². The molecule has 180 valence electrons. The molecule has 6 nitrogen and oxygen atoms in total. The summed E-state index contributed by atoms with van der Waals surface area (Å²) in [7, 11) is 1.57. The summed E-state index contributed by atoms with van der Waals surface area (Å²) in [5.74, 6) is 1.30. The standard InChI is InChI=1S/C30H26N2O4/c1-3-35-29-18-21(16-25(19-31)30(33)32-26-11-13-27(34-2)14-12-26)9-15-28(29)36-20-22-8-10-23-6-4-5-7-24(23)17-22/h4-18H,3,20H2,1-2H3,(H,32,33)/b25-16-. The predicted octanol–water partition coefficient (Wildman–Crippen LogP) is 6.37. The Balaban J connectivity index is 1.49. The molecule has 4 aromatic carbocycles. The van der Waals surface area contributed by atoms with Gasteiger partial charge in [-0.1, -0.05) is 42.5 Å². The molecule has 0 aromatic heterocycles. The number of benzene rings is 4. The van der Waals surface area contributed by atoms with Crippen molar-refractivity contribution in [3.63, 3.8) is 0 Å². The van der Waals surface area contributed by atoms with E-state index in [1.807, 2.05) is 31.2 Å². The summed E-state index contributed by atoms with van der Waals surface area (Å²) in [4.78, 5) is 12.6. The molecule has 0 aliphatic rings. The van der Waals surface area contributed by atoms with Crippen molar-refractivity contribution in [1.29, 1.82) is 5.26 Å². The SMILES string of the molecule is CCOc1cc(/C=C(/C#N)C(=O)Nc2ccc(OC)cc2)ccc1OCc1ccc2ccccc2c1. The minimum atomic E-state index is -0.503. The minimum Gasteiger partial charge on any atom is -0.497 e. The molecule has 0 saturated heterocycles. The average molecular weight is 479 g/mol. The van der Waals surface area contributed by atoms with Gasteiger partial charge in [-0.2, -0.15) is 5.26 Å². The second-order valence-electron chi connectivity index (χ2n) is 7.96. The summed E-state index contributed by atoms with van der Waals surface area (Å²) in [6.07, 6.45) is 1.52. The zero-order valence-corrected chi connectivity index (χ0v) is 20.2. The van der Waals surface area contributed by atoms with E-state index >= 15 is 0 Å². The van der Waals surface area contributed by atoms with Crippen LogP contribution in [-0.2, 0) is 11.4 Å². The monoisotopic (exact) mass is 478 g/mol. The Bertz CT molecular complexity index is 1440. The molecule has 0 aliphatic carbocycles. The Morgan fingerprint density at radius 2 is 1.69 bits per heavy atom. The van der Waals surface area contributed by atoms with Gasteiger partial charge in [0.05, 0.1) is 13.7 Å². The van der Waals surface area contributed by atoms with Gasteiger partial charge in [-0.05, 0) is 77.4 Å². The molecule has 0 saturated carbocycles. The Hall–Kier alpha value is -4.76. The van der Waals surface area contributed by atoms with Crippen LogP contribution in [0.3, 0.4) is 0 Å². The molecule has 0 fully saturated rings. The molecule has 1 amide bonds. The molecule has 0 aliphatic heterocycles. The van der Waals surface area contributed by atoms with Crippen LogP contribution >= 0.6 is 0 Å². The highest BCUT2D eigenvalue weighted by atomic mass is 16.5. The molecule has 0 bridgehead atoms. The van der Waals surface area contributed by atoms with Gasteiger partial charge in [0, 0.05) is 5.69 Å². The molecule has 4 aromatic rings. The van der Waals surface area contributed by atoms with Crippen LogP contribution in [-0.4, -0.2) is 19.6 Å². The first kappa shape index (κ1) is 24.4. The number of hydrogen-bond donors (Lipinski definition) is 1. The van der Waals surface area contributed by atoms with Crippen molar-refractivity contribution in [2.75, 3.05) is 19.0 Å². The zero-order valence-electron chi connectivity index (χ0n) is 20.2. The van der Waals surface area contributed by atoms with E-state index in [0.717, 1.165) is 10.9 Å². The molecule has 6 heteroatoms. The Morgan fingerprint density at radius 1 is 0.917 bits per heavy atom. The van der Waals surface area contributed by atoms with Gasteiger partial charge in [-0.3, -0.25) is 4.79 Å². The Kier molecular flexibility index (Phi) is 7.84. The lowest BCUT2D eigenvalue weighted by atomic mass is 10.1. The third-order valence-electron chi connectivity index (χ3n) is 5.50. The van der Waals surface area contributed by atoms with Crippen molar-refractivity contribution in [3.8, 4) is 23.3 Å². The predicted molar refractivity (Wildman–Crippen MR) is 141 cm³/mol. The van der Waals surface area contributed by atoms with Gasteiger partial charge in [0.1, 0.15) is 24.0 Å². The van der Waals surface area contributed by atoms with E-state index in [0.29, 0.717) is 41.7 Å². The normalized spacial score (nSPS) is 11.0. The fourth-order valence-electron chi connectivity index (χ4n) is 3.68. The average Bonchev–Trinajstić information content (AvgIpc) is 2.91. The molecule has 36 heavy (non-hydrogen) atoms. The minimum absolute atomic E-state index is 0.0295. The van der Waals surface area contributed by atoms with Gasteiger partial charge in [-0.15, -0.1) is 0 Å². The molecule has 4 rings (SSSR count). The lowest BCUT2D eigenvalue weighted by Gasteiger charge is -2.13. The second kappa shape index (κ2) is 11.6. The van der Waals surface area contributed by atoms with Gasteiger partial charge in [0.15, 0.2) is 11.5 Å². The molecular formula is C30H26N2O4. The number of amides is 1. The van der Waals surface area contributed by atoms with Crippen LogP contribution < -0.4 is 19.5 Å². The van der Waals surface area contributed by atoms with E-state index in [-0.39, 0.29) is 5.57 Å². The number of nitriles is 1. The van der Waals surface area contributed by atoms with Crippen LogP contribution in [0, 0.1) is 11.3 Å². The number of hydrogen-bond acceptors (Lipinski definition) is 5. The van der Waals surface area contributed by atoms with Crippen molar-refractivity contribution in [1.82, 2.24) is 0 Å². The summed E-state index contributed by atoms with van der Waals surface area (Å²) in [6, 6.07) is 28.6. The number of fused-ring (bicyclic) bond motifs is 1. The number of methoxy groups -OCH3 is 1. The summed E-state index contributed by atoms with van der Waals surface area (Å²) >= 11 is 0. The van der Waals surface area contributed by atoms with Crippen LogP contribution in [0.25, 0.3) is 16.8 Å². The number of rotatable bonds is 9. The van der Waals surface area contributed by atoms with Gasteiger partial charge in [0.2, 0.25) is 0 Å². The van der Waals surface area contributed by atoms with Crippen molar-refractivity contribution in [2.24, 2.45) is 0 Å². The summed E-state index contributed by atoms with van der Waals surface area (Å²) in [5.41, 5.74) is 2.23. The van der Waals surface area contributed by atoms with Crippen molar-refractivity contribution < 1.29 is 19.0 Å². The van der Waals surface area contributed by atoms with Gasteiger partial charge in [-0.25, -0.2) is 0 Å². The van der Waals surface area contributed by atoms with Crippen LogP contribution in [0.4, 0.5) is 5.69 Å². The highest BCUT2D eigenvalue weighted by molar-refractivity contribution is 6.09. The largest absolute Gasteiger partial charge is 0.497 e. The maximum atomic E-state index is 12.6. The number of nitrogens with zero attached hydrogens (tertiary/aromatic N) is 1. The Morgan fingerprint density at radius 3 is 2.42 bits per heavy atom. The number of ether oxygens (including phenoxy) is 3. The summed E-state index contributed by atoms with van der Waals surface area (Å²) in [6.45, 7) is 2.72. The van der Waals surface area contributed by atoms with E-state index < -0.39 is 5.91 Å². The van der Waals surface area contributed by atoms with E-state index in [1.54, 1.807) is 49.6 Å². The maximum absolute atomic E-state index is 12.6. The molecule has 0 atom stereocenters. The smallest absolute Gasteiger partial charge is 0.266 e.